The quantitative estimate of drug-likeness (QED) is 0.220. The third-order valence-electron chi connectivity index (χ3n) is 4.17. The number of hydrogen-bond acceptors (Lipinski definition) is 7. The summed E-state index contributed by atoms with van der Waals surface area (Å²) < 4.78 is 21.8. The van der Waals surface area contributed by atoms with Crippen LogP contribution in [0.25, 0.3) is 6.08 Å². The Morgan fingerprint density at radius 3 is 2.35 bits per heavy atom. The molecule has 1 saturated carbocycles. The van der Waals surface area contributed by atoms with Crippen molar-refractivity contribution in [2.24, 2.45) is 0 Å². The number of esters is 3. The van der Waals surface area contributed by atoms with E-state index in [-0.39, 0.29) is 11.3 Å². The molecule has 0 aromatic heterocycles. The smallest absolute Gasteiger partial charge is 0.348 e. The summed E-state index contributed by atoms with van der Waals surface area (Å²) in [5, 5.41) is 0. The molecule has 1 heterocycles. The maximum atomic E-state index is 12.3. The Balaban J connectivity index is 1.92. The lowest BCUT2D eigenvalue weighted by Gasteiger charge is -2.32. The molecule has 2 aliphatic rings. The number of carbonyl (C=O) groups excluding carboxylic acids is 3. The first-order valence-corrected chi connectivity index (χ1v) is 9.16. The standard InChI is InChI=1S/C18H17IO7/c1-10(20)24-15-13(19)8-11(9-14(15)23-2)7-12-16(21)25-18(26-17(12)22)5-3-4-6-18/h7-9H,3-6H2,1-2H3. The minimum atomic E-state index is -1.10. The van der Waals surface area contributed by atoms with E-state index in [0.717, 1.165) is 12.8 Å². The number of hydrogen-bond donors (Lipinski definition) is 0. The number of benzene rings is 1. The fourth-order valence-electron chi connectivity index (χ4n) is 3.02. The minimum absolute atomic E-state index is 0.180. The second-order valence-corrected chi connectivity index (χ2v) is 7.24. The number of halogens is 1. The van der Waals surface area contributed by atoms with Crippen LogP contribution in [0.2, 0.25) is 0 Å². The van der Waals surface area contributed by atoms with Crippen molar-refractivity contribution in [2.75, 3.05) is 7.11 Å². The van der Waals surface area contributed by atoms with Gasteiger partial charge in [-0.15, -0.1) is 0 Å². The summed E-state index contributed by atoms with van der Waals surface area (Å²) in [6.45, 7) is 1.29. The van der Waals surface area contributed by atoms with Crippen molar-refractivity contribution in [3.63, 3.8) is 0 Å². The van der Waals surface area contributed by atoms with E-state index in [4.69, 9.17) is 18.9 Å². The molecular weight excluding hydrogens is 455 g/mol. The molecule has 1 aliphatic heterocycles. The Hall–Kier alpha value is -2.10. The Kier molecular flexibility index (Phi) is 5.22. The molecule has 138 valence electrons. The molecule has 26 heavy (non-hydrogen) atoms. The molecule has 1 aliphatic carbocycles. The lowest BCUT2D eigenvalue weighted by Crippen LogP contribution is -2.44. The molecule has 7 nitrogen and oxygen atoms in total. The predicted octanol–water partition coefficient (Wildman–Crippen LogP) is 2.98. The Labute approximate surface area is 163 Å². The van der Waals surface area contributed by atoms with Gasteiger partial charge < -0.3 is 18.9 Å². The van der Waals surface area contributed by atoms with E-state index in [9.17, 15) is 14.4 Å². The van der Waals surface area contributed by atoms with E-state index in [1.807, 2.05) is 22.6 Å². The van der Waals surface area contributed by atoms with Crippen LogP contribution < -0.4 is 9.47 Å². The first kappa shape index (κ1) is 18.7. The second kappa shape index (κ2) is 7.26. The molecule has 1 aromatic carbocycles. The molecule has 0 radical (unpaired) electrons. The maximum Gasteiger partial charge on any atom is 0.348 e. The highest BCUT2D eigenvalue weighted by Crippen LogP contribution is 2.39. The zero-order chi connectivity index (χ0) is 18.9. The molecule has 0 bridgehead atoms. The SMILES string of the molecule is COc1cc(C=C2C(=O)OC3(CCCC3)OC2=O)cc(I)c1OC(C)=O. The summed E-state index contributed by atoms with van der Waals surface area (Å²) in [6.07, 6.45) is 4.15. The van der Waals surface area contributed by atoms with E-state index >= 15 is 0 Å². The summed E-state index contributed by atoms with van der Waals surface area (Å²) in [7, 11) is 1.43. The lowest BCUT2D eigenvalue weighted by molar-refractivity contribution is -0.232. The molecule has 1 saturated heterocycles. The first-order valence-electron chi connectivity index (χ1n) is 8.08. The van der Waals surface area contributed by atoms with E-state index in [2.05, 4.69) is 0 Å². The van der Waals surface area contributed by atoms with E-state index < -0.39 is 23.7 Å². The fraction of sp³-hybridized carbons (Fsp3) is 0.389. The highest BCUT2D eigenvalue weighted by atomic mass is 127. The van der Waals surface area contributed by atoms with Gasteiger partial charge in [0.2, 0.25) is 0 Å². The number of carbonyl (C=O) groups is 3. The second-order valence-electron chi connectivity index (χ2n) is 6.08. The normalized spacial score (nSPS) is 18.3. The van der Waals surface area contributed by atoms with Crippen molar-refractivity contribution in [2.45, 2.75) is 38.4 Å². The van der Waals surface area contributed by atoms with Crippen LogP contribution in [0.4, 0.5) is 0 Å². The molecule has 0 atom stereocenters. The molecule has 0 unspecified atom stereocenters. The molecule has 2 fully saturated rings. The van der Waals surface area contributed by atoms with E-state index in [0.29, 0.717) is 27.7 Å². The Morgan fingerprint density at radius 2 is 1.81 bits per heavy atom. The van der Waals surface area contributed by atoms with Crippen molar-refractivity contribution >= 4 is 46.6 Å². The van der Waals surface area contributed by atoms with Crippen LogP contribution in [0.15, 0.2) is 17.7 Å². The van der Waals surface area contributed by atoms with Crippen molar-refractivity contribution < 1.29 is 33.3 Å². The van der Waals surface area contributed by atoms with Crippen LogP contribution in [0.3, 0.4) is 0 Å². The van der Waals surface area contributed by atoms with Crippen molar-refractivity contribution in [1.29, 1.82) is 0 Å². The van der Waals surface area contributed by atoms with Gasteiger partial charge in [0.05, 0.1) is 10.7 Å². The van der Waals surface area contributed by atoms with Crippen LogP contribution in [0.1, 0.15) is 38.2 Å². The predicted molar refractivity (Wildman–Crippen MR) is 98.4 cm³/mol. The van der Waals surface area contributed by atoms with Gasteiger partial charge in [0, 0.05) is 19.8 Å². The third-order valence-corrected chi connectivity index (χ3v) is 4.97. The van der Waals surface area contributed by atoms with Gasteiger partial charge in [-0.2, -0.15) is 0 Å². The monoisotopic (exact) mass is 472 g/mol. The van der Waals surface area contributed by atoms with Crippen LogP contribution in [-0.4, -0.2) is 30.8 Å². The number of methoxy groups -OCH3 is 1. The van der Waals surface area contributed by atoms with Gasteiger partial charge in [-0.05, 0) is 59.2 Å². The number of rotatable bonds is 3. The van der Waals surface area contributed by atoms with Crippen molar-refractivity contribution in [3.8, 4) is 11.5 Å². The van der Waals surface area contributed by atoms with Crippen LogP contribution in [-0.2, 0) is 23.9 Å². The molecule has 1 spiro atoms. The largest absolute Gasteiger partial charge is 0.493 e. The summed E-state index contributed by atoms with van der Waals surface area (Å²) in [6, 6.07) is 3.22. The Morgan fingerprint density at radius 1 is 1.19 bits per heavy atom. The van der Waals surface area contributed by atoms with Gasteiger partial charge in [0.1, 0.15) is 5.57 Å². The maximum absolute atomic E-state index is 12.3. The van der Waals surface area contributed by atoms with Crippen LogP contribution in [0, 0.1) is 3.57 Å². The van der Waals surface area contributed by atoms with Gasteiger partial charge in [-0.1, -0.05) is 0 Å². The van der Waals surface area contributed by atoms with Gasteiger partial charge in [-0.3, -0.25) is 4.79 Å². The van der Waals surface area contributed by atoms with Crippen molar-refractivity contribution in [1.82, 2.24) is 0 Å². The summed E-state index contributed by atoms with van der Waals surface area (Å²) in [5.41, 5.74) is 0.342. The van der Waals surface area contributed by atoms with Crippen LogP contribution in [0.5, 0.6) is 11.5 Å². The summed E-state index contributed by atoms with van der Waals surface area (Å²) >= 11 is 1.98. The van der Waals surface area contributed by atoms with Gasteiger partial charge in [0.15, 0.2) is 11.5 Å². The summed E-state index contributed by atoms with van der Waals surface area (Å²) in [5.74, 6) is -2.38. The fourth-order valence-corrected chi connectivity index (χ4v) is 3.76. The zero-order valence-electron chi connectivity index (χ0n) is 14.3. The summed E-state index contributed by atoms with van der Waals surface area (Å²) in [4.78, 5) is 35.9. The van der Waals surface area contributed by atoms with E-state index in [1.165, 1.54) is 20.1 Å². The van der Waals surface area contributed by atoms with Gasteiger partial charge >= 0.3 is 17.9 Å². The lowest BCUT2D eigenvalue weighted by atomic mass is 10.1. The number of ether oxygens (including phenoxy) is 4. The topological polar surface area (TPSA) is 88.1 Å². The van der Waals surface area contributed by atoms with Gasteiger partial charge in [0.25, 0.3) is 5.79 Å². The molecule has 1 aromatic rings. The molecule has 8 heteroatoms. The highest BCUT2D eigenvalue weighted by molar-refractivity contribution is 14.1. The van der Waals surface area contributed by atoms with Crippen LogP contribution >= 0.6 is 22.6 Å². The zero-order valence-corrected chi connectivity index (χ0v) is 16.5. The Bertz CT molecular complexity index is 784. The third kappa shape index (κ3) is 3.69. The minimum Gasteiger partial charge on any atom is -0.493 e. The van der Waals surface area contributed by atoms with Gasteiger partial charge in [-0.25, -0.2) is 9.59 Å². The average Bonchev–Trinajstić information content (AvgIpc) is 3.00. The molecular formula is C18H17IO7. The van der Waals surface area contributed by atoms with E-state index in [1.54, 1.807) is 12.1 Å². The molecule has 0 N–H and O–H groups in total. The molecule has 3 rings (SSSR count). The van der Waals surface area contributed by atoms with Crippen molar-refractivity contribution in [3.05, 3.63) is 26.8 Å². The molecule has 0 amide bonds. The average molecular weight is 472 g/mol. The first-order chi connectivity index (χ1) is 12.3. The highest BCUT2D eigenvalue weighted by Gasteiger charge is 2.47.